The van der Waals surface area contributed by atoms with Gasteiger partial charge in [0.1, 0.15) is 0 Å². The topological polar surface area (TPSA) is 51.2 Å². The van der Waals surface area contributed by atoms with Gasteiger partial charge in [-0.05, 0) is 30.9 Å². The number of aromatic nitrogens is 1. The minimum Gasteiger partial charge on any atom is -0.478 e. The lowest BCUT2D eigenvalue weighted by molar-refractivity contribution is -0.122. The van der Waals surface area contributed by atoms with E-state index in [2.05, 4.69) is 29.4 Å². The molecule has 2 aromatic rings. The fourth-order valence-corrected chi connectivity index (χ4v) is 3.56. The first-order chi connectivity index (χ1) is 12.2. The van der Waals surface area contributed by atoms with Crippen molar-refractivity contribution in [1.82, 2.24) is 4.98 Å². The van der Waals surface area contributed by atoms with Gasteiger partial charge in [-0.15, -0.1) is 0 Å². The zero-order valence-electron chi connectivity index (χ0n) is 14.8. The van der Waals surface area contributed by atoms with Gasteiger partial charge in [0.15, 0.2) is 0 Å². The van der Waals surface area contributed by atoms with Crippen LogP contribution in [0.1, 0.15) is 51.0 Å². The monoisotopic (exact) mass is 338 g/mol. The van der Waals surface area contributed by atoms with Crippen LogP contribution in [-0.4, -0.2) is 17.5 Å². The molecule has 3 rings (SSSR count). The molecule has 25 heavy (non-hydrogen) atoms. The van der Waals surface area contributed by atoms with Crippen LogP contribution in [0.5, 0.6) is 5.88 Å². The summed E-state index contributed by atoms with van der Waals surface area (Å²) < 4.78 is 5.50. The van der Waals surface area contributed by atoms with Crippen molar-refractivity contribution in [1.29, 1.82) is 0 Å². The van der Waals surface area contributed by atoms with Crippen LogP contribution in [0.4, 0.5) is 5.69 Å². The predicted molar refractivity (Wildman–Crippen MR) is 99.9 cm³/mol. The zero-order valence-corrected chi connectivity index (χ0v) is 14.8. The van der Waals surface area contributed by atoms with E-state index in [4.69, 9.17) is 4.74 Å². The van der Waals surface area contributed by atoms with Gasteiger partial charge in [0.25, 0.3) is 0 Å². The van der Waals surface area contributed by atoms with Gasteiger partial charge in [-0.25, -0.2) is 4.98 Å². The molecule has 0 unspecified atom stereocenters. The molecule has 1 fully saturated rings. The summed E-state index contributed by atoms with van der Waals surface area (Å²) in [7, 11) is 0. The molecule has 0 radical (unpaired) electrons. The highest BCUT2D eigenvalue weighted by molar-refractivity contribution is 5.99. The number of rotatable bonds is 6. The Balaban J connectivity index is 1.77. The van der Waals surface area contributed by atoms with E-state index in [1.165, 1.54) is 6.42 Å². The van der Waals surface area contributed by atoms with Crippen molar-refractivity contribution >= 4 is 11.6 Å². The maximum Gasteiger partial charge on any atom is 0.235 e. The fraction of sp³-hybridized carbons (Fsp3) is 0.429. The van der Waals surface area contributed by atoms with Crippen molar-refractivity contribution in [3.63, 3.8) is 0 Å². The molecule has 4 nitrogen and oxygen atoms in total. The molecule has 1 N–H and O–H groups in total. The quantitative estimate of drug-likeness (QED) is 0.830. The molecule has 0 spiro atoms. The largest absolute Gasteiger partial charge is 0.478 e. The smallest absolute Gasteiger partial charge is 0.235 e. The van der Waals surface area contributed by atoms with Crippen LogP contribution in [0.15, 0.2) is 48.7 Å². The van der Waals surface area contributed by atoms with E-state index < -0.39 is 5.41 Å². The molecule has 0 saturated heterocycles. The maximum absolute atomic E-state index is 13.2. The summed E-state index contributed by atoms with van der Waals surface area (Å²) >= 11 is 0. The van der Waals surface area contributed by atoms with E-state index in [0.717, 1.165) is 43.4 Å². The third kappa shape index (κ3) is 4.01. The Labute approximate surface area is 149 Å². The molecule has 0 bridgehead atoms. The van der Waals surface area contributed by atoms with Crippen LogP contribution < -0.4 is 10.1 Å². The average Bonchev–Trinajstić information content (AvgIpc) is 2.68. The molecule has 1 amide bonds. The van der Waals surface area contributed by atoms with Gasteiger partial charge in [-0.1, -0.05) is 56.5 Å². The van der Waals surface area contributed by atoms with Crippen molar-refractivity contribution < 1.29 is 9.53 Å². The summed E-state index contributed by atoms with van der Waals surface area (Å²) in [5.74, 6) is 0.665. The minimum absolute atomic E-state index is 0.0717. The van der Waals surface area contributed by atoms with Crippen molar-refractivity contribution in [2.24, 2.45) is 0 Å². The molecule has 1 aliphatic carbocycles. The summed E-state index contributed by atoms with van der Waals surface area (Å²) in [4.78, 5) is 17.4. The zero-order chi connectivity index (χ0) is 17.5. The summed E-state index contributed by atoms with van der Waals surface area (Å²) in [6.45, 7) is 2.71. The molecule has 1 heterocycles. The summed E-state index contributed by atoms with van der Waals surface area (Å²) in [5, 5.41) is 3.08. The van der Waals surface area contributed by atoms with Crippen LogP contribution in [0.25, 0.3) is 0 Å². The Morgan fingerprint density at radius 2 is 1.88 bits per heavy atom. The highest BCUT2D eigenvalue weighted by Crippen LogP contribution is 2.40. The minimum atomic E-state index is -0.434. The molecule has 1 saturated carbocycles. The number of benzene rings is 1. The second-order valence-electron chi connectivity index (χ2n) is 6.70. The number of anilines is 1. The van der Waals surface area contributed by atoms with Crippen molar-refractivity contribution in [2.45, 2.75) is 50.9 Å². The molecular formula is C21H26N2O2. The average molecular weight is 338 g/mol. The Kier molecular flexibility index (Phi) is 5.69. The number of hydrogen-bond donors (Lipinski definition) is 1. The van der Waals surface area contributed by atoms with Gasteiger partial charge in [0.2, 0.25) is 11.8 Å². The lowest BCUT2D eigenvalue weighted by Crippen LogP contribution is -2.42. The van der Waals surface area contributed by atoms with Crippen molar-refractivity contribution in [3.8, 4) is 5.88 Å². The lowest BCUT2D eigenvalue weighted by atomic mass is 9.68. The molecule has 1 aromatic heterocycles. The summed E-state index contributed by atoms with van der Waals surface area (Å²) in [6, 6.07) is 13.8. The number of hydrogen-bond acceptors (Lipinski definition) is 3. The predicted octanol–water partition coefficient (Wildman–Crippen LogP) is 4.71. The Hall–Kier alpha value is -2.36. The van der Waals surface area contributed by atoms with Gasteiger partial charge in [0, 0.05) is 6.07 Å². The Morgan fingerprint density at radius 3 is 2.52 bits per heavy atom. The first-order valence-corrected chi connectivity index (χ1v) is 9.20. The summed E-state index contributed by atoms with van der Waals surface area (Å²) in [6.07, 6.45) is 7.79. The van der Waals surface area contributed by atoms with E-state index >= 15 is 0 Å². The number of ether oxygens (including phenoxy) is 1. The standard InChI is InChI=1S/C21H26N2O2/c1-2-15-25-19-12-11-18(16-22-19)23-20(24)21(13-7-4-8-14-21)17-9-5-3-6-10-17/h3,5-6,9-12,16H,2,4,7-8,13-15H2,1H3,(H,23,24). The van der Waals surface area contributed by atoms with E-state index in [1.54, 1.807) is 12.3 Å². The van der Waals surface area contributed by atoms with Crippen molar-refractivity contribution in [2.75, 3.05) is 11.9 Å². The highest BCUT2D eigenvalue weighted by atomic mass is 16.5. The fourth-order valence-electron chi connectivity index (χ4n) is 3.56. The SMILES string of the molecule is CCCOc1ccc(NC(=O)C2(c3ccccc3)CCCCC2)cn1. The van der Waals surface area contributed by atoms with E-state index in [0.29, 0.717) is 12.5 Å². The van der Waals surface area contributed by atoms with Crippen LogP contribution in [0, 0.1) is 0 Å². The van der Waals surface area contributed by atoms with E-state index in [1.807, 2.05) is 24.3 Å². The van der Waals surface area contributed by atoms with Crippen molar-refractivity contribution in [3.05, 3.63) is 54.2 Å². The maximum atomic E-state index is 13.2. The second kappa shape index (κ2) is 8.15. The number of carbonyl (C=O) groups excluding carboxylic acids is 1. The second-order valence-corrected chi connectivity index (χ2v) is 6.70. The van der Waals surface area contributed by atoms with Gasteiger partial charge in [0.05, 0.1) is 23.9 Å². The Bertz CT molecular complexity index is 677. The first kappa shape index (κ1) is 17.5. The number of pyridine rings is 1. The molecule has 1 aromatic carbocycles. The molecule has 0 atom stereocenters. The molecule has 1 aliphatic rings. The third-order valence-corrected chi connectivity index (χ3v) is 4.92. The van der Waals surface area contributed by atoms with Gasteiger partial charge >= 0.3 is 0 Å². The molecule has 132 valence electrons. The first-order valence-electron chi connectivity index (χ1n) is 9.20. The van der Waals surface area contributed by atoms with Crippen LogP contribution in [-0.2, 0) is 10.2 Å². The normalized spacial score (nSPS) is 16.2. The summed E-state index contributed by atoms with van der Waals surface area (Å²) in [5.41, 5.74) is 1.40. The molecule has 0 aliphatic heterocycles. The van der Waals surface area contributed by atoms with Crippen LogP contribution in [0.3, 0.4) is 0 Å². The lowest BCUT2D eigenvalue weighted by Gasteiger charge is -2.36. The van der Waals surface area contributed by atoms with Gasteiger partial charge in [-0.3, -0.25) is 4.79 Å². The Morgan fingerprint density at radius 1 is 1.12 bits per heavy atom. The number of nitrogens with zero attached hydrogens (tertiary/aromatic N) is 1. The van der Waals surface area contributed by atoms with Gasteiger partial charge in [-0.2, -0.15) is 0 Å². The third-order valence-electron chi connectivity index (χ3n) is 4.92. The molecule has 4 heteroatoms. The van der Waals surface area contributed by atoms with Crippen LogP contribution >= 0.6 is 0 Å². The number of amides is 1. The highest BCUT2D eigenvalue weighted by Gasteiger charge is 2.41. The van der Waals surface area contributed by atoms with Gasteiger partial charge < -0.3 is 10.1 Å². The van der Waals surface area contributed by atoms with E-state index in [-0.39, 0.29) is 5.91 Å². The van der Waals surface area contributed by atoms with E-state index in [9.17, 15) is 4.79 Å². The molecular weight excluding hydrogens is 312 g/mol. The number of carbonyl (C=O) groups is 1. The number of nitrogens with one attached hydrogen (secondary N) is 1. The van der Waals surface area contributed by atoms with Crippen LogP contribution in [0.2, 0.25) is 0 Å².